The molecule has 0 fully saturated rings. The molecule has 4 aromatic rings. The first kappa shape index (κ1) is 30.3. The van der Waals surface area contributed by atoms with Crippen LogP contribution in [0.15, 0.2) is 86.6 Å². The van der Waals surface area contributed by atoms with Crippen molar-refractivity contribution < 1.29 is 23.8 Å². The first-order chi connectivity index (χ1) is 20.7. The van der Waals surface area contributed by atoms with Gasteiger partial charge in [-0.3, -0.25) is 9.36 Å². The maximum absolute atomic E-state index is 14.2. The highest BCUT2D eigenvalue weighted by atomic mass is 32.2. The summed E-state index contributed by atoms with van der Waals surface area (Å²) in [6.07, 6.45) is 3.42. The molecule has 0 N–H and O–H groups in total. The number of ether oxygens (including phenoxy) is 3. The highest BCUT2D eigenvalue weighted by molar-refractivity contribution is 7.98. The number of benzene rings is 3. The van der Waals surface area contributed by atoms with Gasteiger partial charge in [-0.15, -0.1) is 11.8 Å². The van der Waals surface area contributed by atoms with Crippen LogP contribution in [0, 0.1) is 0 Å². The SMILES string of the molecule is CCOC(=O)COc1ccc2ccccc2c1/C=c1\sc2n(c1=O)[C@H](c1ccc(SC)cc1)C(C(=O)OC(C)C)=C(C)N=2. The fourth-order valence-electron chi connectivity index (χ4n) is 4.98. The summed E-state index contributed by atoms with van der Waals surface area (Å²) in [5.74, 6) is -0.544. The molecular formula is C33H32N2O6S2. The minimum atomic E-state index is -0.715. The largest absolute Gasteiger partial charge is 0.481 e. The lowest BCUT2D eigenvalue weighted by Gasteiger charge is -2.25. The van der Waals surface area contributed by atoms with Crippen molar-refractivity contribution >= 4 is 51.9 Å². The molecule has 2 heterocycles. The highest BCUT2D eigenvalue weighted by Crippen LogP contribution is 2.32. The van der Waals surface area contributed by atoms with Gasteiger partial charge in [-0.2, -0.15) is 0 Å². The Balaban J connectivity index is 1.70. The number of hydrogen-bond acceptors (Lipinski definition) is 9. The fraction of sp³-hybridized carbons (Fsp3) is 0.273. The lowest BCUT2D eigenvalue weighted by molar-refractivity contribution is -0.145. The molecule has 1 atom stereocenters. The average molecular weight is 617 g/mol. The van der Waals surface area contributed by atoms with Gasteiger partial charge in [0.1, 0.15) is 5.75 Å². The summed E-state index contributed by atoms with van der Waals surface area (Å²) < 4.78 is 18.5. The van der Waals surface area contributed by atoms with Crippen molar-refractivity contribution in [1.82, 2.24) is 4.57 Å². The summed E-state index contributed by atoms with van der Waals surface area (Å²) in [5, 5.41) is 1.81. The van der Waals surface area contributed by atoms with E-state index in [1.54, 1.807) is 56.2 Å². The molecule has 0 spiro atoms. The van der Waals surface area contributed by atoms with Crippen molar-refractivity contribution in [1.29, 1.82) is 0 Å². The van der Waals surface area contributed by atoms with Gasteiger partial charge in [0.25, 0.3) is 5.56 Å². The normalized spacial score (nSPS) is 14.9. The predicted octanol–water partition coefficient (Wildman–Crippen LogP) is 5.00. The average Bonchev–Trinajstić information content (AvgIpc) is 3.29. The number of rotatable bonds is 9. The number of carbonyl (C=O) groups excluding carboxylic acids is 2. The molecule has 3 aromatic carbocycles. The smallest absolute Gasteiger partial charge is 0.344 e. The summed E-state index contributed by atoms with van der Waals surface area (Å²) >= 11 is 2.85. The Bertz CT molecular complexity index is 1900. The van der Waals surface area contributed by atoms with Crippen LogP contribution in [0.5, 0.6) is 5.75 Å². The number of hydrogen-bond donors (Lipinski definition) is 0. The monoisotopic (exact) mass is 616 g/mol. The van der Waals surface area contributed by atoms with E-state index >= 15 is 0 Å². The van der Waals surface area contributed by atoms with Gasteiger partial charge in [0.15, 0.2) is 11.4 Å². The van der Waals surface area contributed by atoms with E-state index in [2.05, 4.69) is 0 Å². The minimum absolute atomic E-state index is 0.251. The number of thioether (sulfide) groups is 1. The molecule has 0 aliphatic carbocycles. The van der Waals surface area contributed by atoms with E-state index < -0.39 is 18.0 Å². The second kappa shape index (κ2) is 13.0. The van der Waals surface area contributed by atoms with Gasteiger partial charge in [0, 0.05) is 10.5 Å². The van der Waals surface area contributed by atoms with Crippen LogP contribution in [-0.2, 0) is 19.1 Å². The van der Waals surface area contributed by atoms with E-state index in [-0.39, 0.29) is 24.9 Å². The van der Waals surface area contributed by atoms with E-state index in [9.17, 15) is 14.4 Å². The predicted molar refractivity (Wildman–Crippen MR) is 169 cm³/mol. The molecule has 0 bridgehead atoms. The zero-order valence-corrected chi connectivity index (χ0v) is 26.2. The quantitative estimate of drug-likeness (QED) is 0.193. The molecule has 0 radical (unpaired) electrons. The molecule has 1 aliphatic rings. The maximum atomic E-state index is 14.2. The molecule has 222 valence electrons. The van der Waals surface area contributed by atoms with Gasteiger partial charge in [-0.25, -0.2) is 14.6 Å². The summed E-state index contributed by atoms with van der Waals surface area (Å²) in [7, 11) is 0. The van der Waals surface area contributed by atoms with Crippen molar-refractivity contribution in [2.75, 3.05) is 19.5 Å². The second-order valence-electron chi connectivity index (χ2n) is 10.1. The lowest BCUT2D eigenvalue weighted by Crippen LogP contribution is -2.40. The van der Waals surface area contributed by atoms with Crippen LogP contribution < -0.4 is 19.6 Å². The Morgan fingerprint density at radius 2 is 1.84 bits per heavy atom. The maximum Gasteiger partial charge on any atom is 0.344 e. The summed E-state index contributed by atoms with van der Waals surface area (Å²) in [4.78, 5) is 45.9. The molecule has 5 rings (SSSR count). The number of carbonyl (C=O) groups is 2. The molecule has 0 saturated carbocycles. The molecule has 1 aliphatic heterocycles. The minimum Gasteiger partial charge on any atom is -0.481 e. The van der Waals surface area contributed by atoms with E-state index in [0.717, 1.165) is 21.2 Å². The summed E-state index contributed by atoms with van der Waals surface area (Å²) in [6, 6.07) is 18.5. The van der Waals surface area contributed by atoms with Crippen molar-refractivity contribution in [3.63, 3.8) is 0 Å². The standard InChI is InChI=1S/C33H32N2O6S2/c1-6-39-28(36)18-40-26-16-13-21-9-7-8-10-24(21)25(26)17-27-31(37)35-30(22-11-14-23(42-5)15-12-22)29(32(38)41-19(2)3)20(4)34-33(35)43-27/h7-17,19,30H,6,18H2,1-5H3/b27-17-/t30-/m1/s1. The van der Waals surface area contributed by atoms with Crippen LogP contribution in [0.3, 0.4) is 0 Å². The lowest BCUT2D eigenvalue weighted by atomic mass is 9.96. The van der Waals surface area contributed by atoms with Crippen molar-refractivity contribution in [2.45, 2.75) is 44.7 Å². The molecule has 0 saturated heterocycles. The van der Waals surface area contributed by atoms with E-state index in [1.807, 2.05) is 60.9 Å². The number of thiazole rings is 1. The molecule has 8 nitrogen and oxygen atoms in total. The van der Waals surface area contributed by atoms with E-state index in [4.69, 9.17) is 19.2 Å². The third kappa shape index (κ3) is 6.30. The van der Waals surface area contributed by atoms with E-state index in [0.29, 0.717) is 31.9 Å². The Labute approximate surface area is 257 Å². The first-order valence-corrected chi connectivity index (χ1v) is 15.9. The Hall–Kier alpha value is -4.15. The third-order valence-corrected chi connectivity index (χ3v) is 8.60. The second-order valence-corrected chi connectivity index (χ2v) is 12.0. The van der Waals surface area contributed by atoms with Crippen LogP contribution >= 0.6 is 23.1 Å². The fourth-order valence-corrected chi connectivity index (χ4v) is 6.42. The number of allylic oxidation sites excluding steroid dienone is 1. The van der Waals surface area contributed by atoms with Crippen molar-refractivity contribution in [3.8, 4) is 5.75 Å². The van der Waals surface area contributed by atoms with Crippen LogP contribution in [0.2, 0.25) is 0 Å². The topological polar surface area (TPSA) is 96.2 Å². The van der Waals surface area contributed by atoms with Gasteiger partial charge >= 0.3 is 11.9 Å². The molecule has 1 aromatic heterocycles. The van der Waals surface area contributed by atoms with Crippen molar-refractivity contribution in [2.24, 2.45) is 4.99 Å². The van der Waals surface area contributed by atoms with Gasteiger partial charge in [-0.05, 0) is 74.6 Å². The summed E-state index contributed by atoms with van der Waals surface area (Å²) in [5.41, 5.74) is 1.96. The van der Waals surface area contributed by atoms with Gasteiger partial charge in [0.05, 0.1) is 34.6 Å². The third-order valence-electron chi connectivity index (χ3n) is 6.87. The van der Waals surface area contributed by atoms with Gasteiger partial charge in [-0.1, -0.05) is 53.8 Å². The molecule has 0 unspecified atom stereocenters. The zero-order chi connectivity index (χ0) is 30.7. The highest BCUT2D eigenvalue weighted by Gasteiger charge is 2.33. The number of esters is 2. The van der Waals surface area contributed by atoms with E-state index in [1.165, 1.54) is 11.3 Å². The van der Waals surface area contributed by atoms with Crippen LogP contribution in [0.25, 0.3) is 16.8 Å². The molecule has 0 amide bonds. The number of aromatic nitrogens is 1. The Kier molecular flexibility index (Phi) is 9.17. The molecule has 43 heavy (non-hydrogen) atoms. The van der Waals surface area contributed by atoms with Gasteiger partial charge < -0.3 is 14.2 Å². The van der Waals surface area contributed by atoms with Crippen LogP contribution in [0.4, 0.5) is 0 Å². The van der Waals surface area contributed by atoms with Gasteiger partial charge in [0.2, 0.25) is 0 Å². The van der Waals surface area contributed by atoms with Crippen LogP contribution in [0.1, 0.15) is 44.9 Å². The molecular weight excluding hydrogens is 585 g/mol. The summed E-state index contributed by atoms with van der Waals surface area (Å²) in [6.45, 7) is 7.07. The Morgan fingerprint density at radius 1 is 1.09 bits per heavy atom. The number of fused-ring (bicyclic) bond motifs is 2. The Morgan fingerprint density at radius 3 is 2.53 bits per heavy atom. The molecule has 10 heteroatoms. The first-order valence-electron chi connectivity index (χ1n) is 13.9. The number of nitrogens with zero attached hydrogens (tertiary/aromatic N) is 2. The van der Waals surface area contributed by atoms with Crippen molar-refractivity contribution in [3.05, 3.63) is 103 Å². The van der Waals surface area contributed by atoms with Crippen LogP contribution in [-0.4, -0.2) is 42.1 Å². The zero-order valence-electron chi connectivity index (χ0n) is 24.6.